The van der Waals surface area contributed by atoms with E-state index >= 15 is 0 Å². The Morgan fingerprint density at radius 1 is 0.930 bits per heavy atom. The van der Waals surface area contributed by atoms with Crippen molar-refractivity contribution in [1.29, 1.82) is 0 Å². The van der Waals surface area contributed by atoms with E-state index in [1.165, 1.54) is 30.3 Å². The normalized spacial score (nSPS) is 11.7. The minimum absolute atomic E-state index is 0.0543. The molecule has 3 aromatic carbocycles. The number of allylic oxidation sites excluding steroid dienone is 1. The zero-order chi connectivity index (χ0) is 30.9. The number of methoxy groups -OCH3 is 2. The number of fused-ring (bicyclic) bond motifs is 1. The second-order valence-corrected chi connectivity index (χ2v) is 10.6. The number of ketones is 1. The van der Waals surface area contributed by atoms with Crippen LogP contribution in [0, 0.1) is 0 Å². The maximum atomic E-state index is 13.0. The Labute approximate surface area is 252 Å². The van der Waals surface area contributed by atoms with E-state index in [4.69, 9.17) is 31.4 Å². The fourth-order valence-corrected chi connectivity index (χ4v) is 5.34. The molecule has 0 unspecified atom stereocenters. The molecule has 0 saturated carbocycles. The summed E-state index contributed by atoms with van der Waals surface area (Å²) in [6.45, 7) is 0.305. The summed E-state index contributed by atoms with van der Waals surface area (Å²) in [6.07, 6.45) is 3.79. The highest BCUT2D eigenvalue weighted by molar-refractivity contribution is 7.22. The van der Waals surface area contributed by atoms with E-state index in [1.807, 2.05) is 18.2 Å². The van der Waals surface area contributed by atoms with Crippen molar-refractivity contribution in [2.24, 2.45) is 22.2 Å². The molecule has 1 atom stereocenters. The third kappa shape index (κ3) is 7.85. The predicted molar refractivity (Wildman–Crippen MR) is 168 cm³/mol. The molecule has 6 N–H and O–H groups in total. The summed E-state index contributed by atoms with van der Waals surface area (Å²) in [7, 11) is 3.15. The largest absolute Gasteiger partial charge is 0.496 e. The maximum absolute atomic E-state index is 13.0. The van der Waals surface area contributed by atoms with E-state index in [0.29, 0.717) is 35.6 Å². The zero-order valence-corrected chi connectivity index (χ0v) is 24.6. The number of nitrogens with zero attached hydrogens (tertiary/aromatic N) is 1. The number of guanidine groups is 1. The van der Waals surface area contributed by atoms with Crippen LogP contribution in [0.1, 0.15) is 39.1 Å². The smallest absolute Gasteiger partial charge is 0.345 e. The molecule has 0 radical (unpaired) electrons. The Morgan fingerprint density at radius 3 is 2.30 bits per heavy atom. The first-order valence-electron chi connectivity index (χ1n) is 13.3. The molecule has 0 fully saturated rings. The summed E-state index contributed by atoms with van der Waals surface area (Å²) in [6, 6.07) is 18.7. The second kappa shape index (κ2) is 14.3. The van der Waals surface area contributed by atoms with Crippen LogP contribution in [0.5, 0.6) is 11.5 Å². The Morgan fingerprint density at radius 2 is 1.63 bits per heavy atom. The van der Waals surface area contributed by atoms with Crippen molar-refractivity contribution in [2.75, 3.05) is 20.8 Å². The third-order valence-corrected chi connectivity index (χ3v) is 7.68. The van der Waals surface area contributed by atoms with E-state index < -0.39 is 18.0 Å². The van der Waals surface area contributed by atoms with Crippen molar-refractivity contribution in [3.63, 3.8) is 0 Å². The van der Waals surface area contributed by atoms with E-state index in [9.17, 15) is 14.4 Å². The van der Waals surface area contributed by atoms with Crippen molar-refractivity contribution in [3.8, 4) is 21.9 Å². The lowest BCUT2D eigenvalue weighted by molar-refractivity contribution is -0.139. The second-order valence-electron chi connectivity index (χ2n) is 9.48. The lowest BCUT2D eigenvalue weighted by atomic mass is 10.0. The van der Waals surface area contributed by atoms with Gasteiger partial charge in [-0.2, -0.15) is 0 Å². The number of esters is 2. The zero-order valence-electron chi connectivity index (χ0n) is 23.7. The van der Waals surface area contributed by atoms with E-state index in [1.54, 1.807) is 37.7 Å². The fourth-order valence-electron chi connectivity index (χ4n) is 4.26. The van der Waals surface area contributed by atoms with Crippen LogP contribution in [0.3, 0.4) is 0 Å². The highest BCUT2D eigenvalue weighted by atomic mass is 32.1. The van der Waals surface area contributed by atoms with Gasteiger partial charge in [0, 0.05) is 38.9 Å². The summed E-state index contributed by atoms with van der Waals surface area (Å²) in [4.78, 5) is 42.4. The number of hydrogen-bond acceptors (Lipinski definition) is 9. The highest BCUT2D eigenvalue weighted by Crippen LogP contribution is 2.41. The van der Waals surface area contributed by atoms with Crippen LogP contribution < -0.4 is 26.7 Å². The number of benzene rings is 3. The molecule has 0 amide bonds. The molecular formula is C32H32N4O6S. The van der Waals surface area contributed by atoms with E-state index in [-0.39, 0.29) is 23.7 Å². The van der Waals surface area contributed by atoms with Crippen molar-refractivity contribution in [2.45, 2.75) is 18.9 Å². The summed E-state index contributed by atoms with van der Waals surface area (Å²) in [5.74, 6) is -0.874. The molecule has 10 nitrogen and oxygen atoms in total. The van der Waals surface area contributed by atoms with Crippen LogP contribution in [0.15, 0.2) is 77.8 Å². The molecule has 43 heavy (non-hydrogen) atoms. The Balaban J connectivity index is 1.45. The van der Waals surface area contributed by atoms with Crippen LogP contribution >= 0.6 is 11.3 Å². The molecule has 0 spiro atoms. The van der Waals surface area contributed by atoms with Gasteiger partial charge in [0.15, 0.2) is 11.7 Å². The molecule has 0 aliphatic rings. The molecule has 0 aliphatic heterocycles. The van der Waals surface area contributed by atoms with Crippen LogP contribution in [-0.4, -0.2) is 50.5 Å². The molecule has 1 heterocycles. The molecular weight excluding hydrogens is 568 g/mol. The van der Waals surface area contributed by atoms with Gasteiger partial charge in [0.05, 0.1) is 19.8 Å². The molecule has 222 valence electrons. The van der Waals surface area contributed by atoms with Crippen molar-refractivity contribution in [1.82, 2.24) is 0 Å². The van der Waals surface area contributed by atoms with Crippen LogP contribution in [0.2, 0.25) is 0 Å². The first-order valence-corrected chi connectivity index (χ1v) is 14.2. The van der Waals surface area contributed by atoms with Gasteiger partial charge in [-0.05, 0) is 60.7 Å². The predicted octanol–water partition coefficient (Wildman–Crippen LogP) is 4.55. The summed E-state index contributed by atoms with van der Waals surface area (Å²) in [5.41, 5.74) is 18.3. The van der Waals surface area contributed by atoms with Gasteiger partial charge in [0.25, 0.3) is 0 Å². The number of aliphatic imine (C=N–C) groups is 1. The number of rotatable bonds is 12. The van der Waals surface area contributed by atoms with Crippen molar-refractivity contribution >= 4 is 51.2 Å². The number of thiophene rings is 1. The van der Waals surface area contributed by atoms with Gasteiger partial charge in [-0.25, -0.2) is 9.59 Å². The van der Waals surface area contributed by atoms with Crippen molar-refractivity contribution in [3.05, 3.63) is 89.5 Å². The SMILES string of the molecule is COc1cc(OC)c(-c2cc3ccccc3s2)cc1/C=C/C(=O)c1ccc(C(=O)OC(=O)[C@@H](N)CCCN=C(N)N)cc1. The maximum Gasteiger partial charge on any atom is 0.345 e. The number of nitrogens with two attached hydrogens (primary N) is 3. The van der Waals surface area contributed by atoms with Gasteiger partial charge in [-0.1, -0.05) is 30.3 Å². The molecule has 0 bridgehead atoms. The Kier molecular flexibility index (Phi) is 10.3. The first-order chi connectivity index (χ1) is 20.7. The number of carbonyl (C=O) groups excluding carboxylic acids is 3. The average Bonchev–Trinajstić information content (AvgIpc) is 3.45. The molecule has 1 aromatic heterocycles. The van der Waals surface area contributed by atoms with Gasteiger partial charge < -0.3 is 31.4 Å². The summed E-state index contributed by atoms with van der Waals surface area (Å²) in [5, 5.41) is 1.13. The van der Waals surface area contributed by atoms with E-state index in [0.717, 1.165) is 20.5 Å². The topological polar surface area (TPSA) is 169 Å². The van der Waals surface area contributed by atoms with Gasteiger partial charge in [0.1, 0.15) is 17.5 Å². The highest BCUT2D eigenvalue weighted by Gasteiger charge is 2.20. The molecule has 11 heteroatoms. The molecule has 0 aliphatic carbocycles. The number of carbonyl (C=O) groups is 3. The Bertz CT molecular complexity index is 1660. The third-order valence-electron chi connectivity index (χ3n) is 6.53. The molecule has 0 saturated heterocycles. The van der Waals surface area contributed by atoms with Crippen LogP contribution in [0.25, 0.3) is 26.6 Å². The summed E-state index contributed by atoms with van der Waals surface area (Å²) >= 11 is 1.65. The lowest BCUT2D eigenvalue weighted by Gasteiger charge is -2.12. The average molecular weight is 601 g/mol. The van der Waals surface area contributed by atoms with Gasteiger partial charge >= 0.3 is 11.9 Å². The Hall–Kier alpha value is -5.00. The quantitative estimate of drug-likeness (QED) is 0.0402. The standard InChI is InChI=1S/C32H32N4O6S/c1-40-26-18-27(41-2)23(29-17-22-6-3-4-8-28(22)43-29)16-21(26)13-14-25(37)19-9-11-20(12-10-19)30(38)42-31(39)24(33)7-5-15-36-32(34)35/h3-4,6,8-14,16-18,24H,5,7,15,33H2,1-2H3,(H4,34,35,36)/b14-13+/t24-/m0/s1. The van der Waals surface area contributed by atoms with Gasteiger partial charge in [-0.3, -0.25) is 9.79 Å². The number of ether oxygens (including phenoxy) is 3. The van der Waals surface area contributed by atoms with Crippen LogP contribution in [0.4, 0.5) is 0 Å². The lowest BCUT2D eigenvalue weighted by Crippen LogP contribution is -2.34. The molecule has 4 aromatic rings. The molecule has 4 rings (SSSR count). The fraction of sp³-hybridized carbons (Fsp3) is 0.188. The number of hydrogen-bond donors (Lipinski definition) is 3. The minimum Gasteiger partial charge on any atom is -0.496 e. The van der Waals surface area contributed by atoms with Crippen LogP contribution in [-0.2, 0) is 9.53 Å². The van der Waals surface area contributed by atoms with Gasteiger partial charge in [-0.15, -0.1) is 11.3 Å². The van der Waals surface area contributed by atoms with Gasteiger partial charge in [0.2, 0.25) is 0 Å². The first kappa shape index (κ1) is 30.9. The monoisotopic (exact) mass is 600 g/mol. The minimum atomic E-state index is -1.00. The summed E-state index contributed by atoms with van der Waals surface area (Å²) < 4.78 is 17.2. The van der Waals surface area contributed by atoms with E-state index in [2.05, 4.69) is 23.2 Å². The van der Waals surface area contributed by atoms with Crippen molar-refractivity contribution < 1.29 is 28.6 Å².